The molecular formula is C10H15BrN4O. The number of aromatic nitrogens is 2. The van der Waals surface area contributed by atoms with Gasteiger partial charge in [-0.1, -0.05) is 6.42 Å². The predicted molar refractivity (Wildman–Crippen MR) is 66.0 cm³/mol. The van der Waals surface area contributed by atoms with Crippen molar-refractivity contribution >= 4 is 27.7 Å². The van der Waals surface area contributed by atoms with Gasteiger partial charge in [-0.15, -0.1) is 0 Å². The molecule has 1 fully saturated rings. The van der Waals surface area contributed by atoms with Gasteiger partial charge in [-0.3, -0.25) is 0 Å². The average Bonchev–Trinajstić information content (AvgIpc) is 2.66. The van der Waals surface area contributed by atoms with Crippen LogP contribution in [0.15, 0.2) is 10.7 Å². The SMILES string of the molecule is Nc1ncc(Br)c(NCC2CCCC2O)n1. The van der Waals surface area contributed by atoms with E-state index in [1.807, 2.05) is 0 Å². The van der Waals surface area contributed by atoms with E-state index >= 15 is 0 Å². The highest BCUT2D eigenvalue weighted by molar-refractivity contribution is 9.10. The Labute approximate surface area is 103 Å². The molecule has 6 heteroatoms. The highest BCUT2D eigenvalue weighted by Crippen LogP contribution is 2.26. The van der Waals surface area contributed by atoms with Crippen LogP contribution in [-0.4, -0.2) is 27.7 Å². The lowest BCUT2D eigenvalue weighted by Gasteiger charge is -2.16. The van der Waals surface area contributed by atoms with Crippen molar-refractivity contribution in [2.24, 2.45) is 5.92 Å². The monoisotopic (exact) mass is 286 g/mol. The first-order chi connectivity index (χ1) is 7.66. The lowest BCUT2D eigenvalue weighted by atomic mass is 10.1. The van der Waals surface area contributed by atoms with Crippen LogP contribution >= 0.6 is 15.9 Å². The highest BCUT2D eigenvalue weighted by atomic mass is 79.9. The van der Waals surface area contributed by atoms with Crippen molar-refractivity contribution in [2.45, 2.75) is 25.4 Å². The van der Waals surface area contributed by atoms with Crippen LogP contribution in [0.25, 0.3) is 0 Å². The summed E-state index contributed by atoms with van der Waals surface area (Å²) in [5, 5.41) is 12.9. The van der Waals surface area contributed by atoms with E-state index in [0.29, 0.717) is 11.7 Å². The molecule has 0 saturated heterocycles. The van der Waals surface area contributed by atoms with E-state index in [9.17, 15) is 5.11 Å². The zero-order valence-corrected chi connectivity index (χ0v) is 10.4. The van der Waals surface area contributed by atoms with Gasteiger partial charge in [0.1, 0.15) is 5.82 Å². The van der Waals surface area contributed by atoms with Gasteiger partial charge in [0.15, 0.2) is 0 Å². The third-order valence-electron chi connectivity index (χ3n) is 2.91. The topological polar surface area (TPSA) is 84.1 Å². The van der Waals surface area contributed by atoms with Crippen molar-refractivity contribution in [1.82, 2.24) is 9.97 Å². The molecule has 88 valence electrons. The Bertz CT molecular complexity index is 374. The van der Waals surface area contributed by atoms with Gasteiger partial charge in [0, 0.05) is 18.7 Å². The summed E-state index contributed by atoms with van der Waals surface area (Å²) in [4.78, 5) is 7.95. The molecule has 1 aliphatic rings. The van der Waals surface area contributed by atoms with Gasteiger partial charge >= 0.3 is 0 Å². The molecule has 0 spiro atoms. The van der Waals surface area contributed by atoms with Crippen LogP contribution in [0.2, 0.25) is 0 Å². The second-order valence-electron chi connectivity index (χ2n) is 4.06. The minimum absolute atomic E-state index is 0.189. The van der Waals surface area contributed by atoms with E-state index in [2.05, 4.69) is 31.2 Å². The van der Waals surface area contributed by atoms with Crippen LogP contribution in [0.5, 0.6) is 0 Å². The number of halogens is 1. The summed E-state index contributed by atoms with van der Waals surface area (Å²) in [6, 6.07) is 0. The number of aliphatic hydroxyl groups is 1. The minimum Gasteiger partial charge on any atom is -0.393 e. The number of hydrogen-bond donors (Lipinski definition) is 3. The second kappa shape index (κ2) is 4.97. The molecule has 4 N–H and O–H groups in total. The fraction of sp³-hybridized carbons (Fsp3) is 0.600. The molecule has 0 radical (unpaired) electrons. The highest BCUT2D eigenvalue weighted by Gasteiger charge is 2.24. The first-order valence-electron chi connectivity index (χ1n) is 5.37. The lowest BCUT2D eigenvalue weighted by Crippen LogP contribution is -2.22. The fourth-order valence-electron chi connectivity index (χ4n) is 1.99. The largest absolute Gasteiger partial charge is 0.393 e. The summed E-state index contributed by atoms with van der Waals surface area (Å²) >= 11 is 3.35. The van der Waals surface area contributed by atoms with Gasteiger partial charge in [0.05, 0.1) is 10.6 Å². The van der Waals surface area contributed by atoms with E-state index in [-0.39, 0.29) is 12.1 Å². The van der Waals surface area contributed by atoms with Crippen molar-refractivity contribution in [3.8, 4) is 0 Å². The number of nitrogen functional groups attached to an aromatic ring is 1. The van der Waals surface area contributed by atoms with Crippen molar-refractivity contribution in [1.29, 1.82) is 0 Å². The fourth-order valence-corrected chi connectivity index (χ4v) is 2.32. The van der Waals surface area contributed by atoms with E-state index in [0.717, 1.165) is 30.3 Å². The number of rotatable bonds is 3. The Morgan fingerprint density at radius 1 is 1.56 bits per heavy atom. The second-order valence-corrected chi connectivity index (χ2v) is 4.92. The summed E-state index contributed by atoms with van der Waals surface area (Å²) in [6.07, 6.45) is 4.49. The molecule has 1 aliphatic carbocycles. The minimum atomic E-state index is -0.189. The molecule has 0 aromatic carbocycles. The van der Waals surface area contributed by atoms with Crippen molar-refractivity contribution in [3.05, 3.63) is 10.7 Å². The smallest absolute Gasteiger partial charge is 0.221 e. The summed E-state index contributed by atoms with van der Waals surface area (Å²) in [6.45, 7) is 0.718. The van der Waals surface area contributed by atoms with Crippen LogP contribution in [-0.2, 0) is 0 Å². The summed E-state index contributed by atoms with van der Waals surface area (Å²) in [5.41, 5.74) is 5.51. The third-order valence-corrected chi connectivity index (χ3v) is 3.49. The Morgan fingerprint density at radius 3 is 3.06 bits per heavy atom. The molecule has 16 heavy (non-hydrogen) atoms. The number of aliphatic hydroxyl groups excluding tert-OH is 1. The maximum atomic E-state index is 9.68. The molecule has 1 aromatic heterocycles. The van der Waals surface area contributed by atoms with Gasteiger partial charge in [-0.25, -0.2) is 4.98 Å². The molecule has 1 aromatic rings. The number of nitrogens with zero attached hydrogens (tertiary/aromatic N) is 2. The number of hydrogen-bond acceptors (Lipinski definition) is 5. The molecule has 0 bridgehead atoms. The van der Waals surface area contributed by atoms with Gasteiger partial charge in [-0.05, 0) is 28.8 Å². The average molecular weight is 287 g/mol. The number of nitrogens with one attached hydrogen (secondary N) is 1. The molecule has 1 saturated carbocycles. The Kier molecular flexibility index (Phi) is 3.60. The zero-order chi connectivity index (χ0) is 11.5. The molecule has 0 amide bonds. The summed E-state index contributed by atoms with van der Waals surface area (Å²) < 4.78 is 0.786. The van der Waals surface area contributed by atoms with E-state index < -0.39 is 0 Å². The van der Waals surface area contributed by atoms with Gasteiger partial charge < -0.3 is 16.2 Å². The van der Waals surface area contributed by atoms with Crippen molar-refractivity contribution in [3.63, 3.8) is 0 Å². The molecule has 1 heterocycles. The van der Waals surface area contributed by atoms with Crippen molar-refractivity contribution < 1.29 is 5.11 Å². The Hall–Kier alpha value is -0.880. The van der Waals surface area contributed by atoms with E-state index in [1.165, 1.54) is 0 Å². The lowest BCUT2D eigenvalue weighted by molar-refractivity contribution is 0.138. The molecular weight excluding hydrogens is 272 g/mol. The van der Waals surface area contributed by atoms with Crippen LogP contribution in [0.1, 0.15) is 19.3 Å². The quantitative estimate of drug-likeness (QED) is 0.782. The standard InChI is InChI=1S/C10H15BrN4O/c11-7-5-14-10(12)15-9(7)13-4-6-2-1-3-8(6)16/h5-6,8,16H,1-4H2,(H3,12,13,14,15). The zero-order valence-electron chi connectivity index (χ0n) is 8.86. The Balaban J connectivity index is 1.96. The van der Waals surface area contributed by atoms with Crippen LogP contribution in [0.3, 0.4) is 0 Å². The first-order valence-corrected chi connectivity index (χ1v) is 6.16. The van der Waals surface area contributed by atoms with E-state index in [1.54, 1.807) is 6.20 Å². The van der Waals surface area contributed by atoms with Crippen molar-refractivity contribution in [2.75, 3.05) is 17.6 Å². The summed E-state index contributed by atoms with van der Waals surface area (Å²) in [7, 11) is 0. The molecule has 2 atom stereocenters. The van der Waals surface area contributed by atoms with Crippen LogP contribution in [0.4, 0.5) is 11.8 Å². The third kappa shape index (κ3) is 2.62. The normalized spacial score (nSPS) is 24.6. The predicted octanol–water partition coefficient (Wildman–Crippen LogP) is 1.39. The molecule has 2 rings (SSSR count). The molecule has 2 unspecified atom stereocenters. The maximum Gasteiger partial charge on any atom is 0.221 e. The van der Waals surface area contributed by atoms with Gasteiger partial charge in [0.2, 0.25) is 5.95 Å². The summed E-state index contributed by atoms with van der Waals surface area (Å²) in [5.74, 6) is 1.24. The number of anilines is 2. The molecule has 5 nitrogen and oxygen atoms in total. The van der Waals surface area contributed by atoms with E-state index in [4.69, 9.17) is 5.73 Å². The van der Waals surface area contributed by atoms with Gasteiger partial charge in [-0.2, -0.15) is 4.98 Å². The van der Waals surface area contributed by atoms with Crippen LogP contribution < -0.4 is 11.1 Å². The maximum absolute atomic E-state index is 9.68. The van der Waals surface area contributed by atoms with Crippen LogP contribution in [0, 0.1) is 5.92 Å². The Morgan fingerprint density at radius 2 is 2.38 bits per heavy atom. The first kappa shape index (κ1) is 11.6. The van der Waals surface area contributed by atoms with Gasteiger partial charge in [0.25, 0.3) is 0 Å². The molecule has 0 aliphatic heterocycles. The number of nitrogens with two attached hydrogens (primary N) is 1.